The minimum atomic E-state index is -0.675. The monoisotopic (exact) mass is 510 g/mol. The van der Waals surface area contributed by atoms with Gasteiger partial charge in [0.15, 0.2) is 0 Å². The van der Waals surface area contributed by atoms with Gasteiger partial charge in [-0.1, -0.05) is 104 Å². The maximum Gasteiger partial charge on any atom is 0.243 e. The molecule has 3 aromatic carbocycles. The normalized spacial score (nSPS) is 11.8. The lowest BCUT2D eigenvalue weighted by atomic mass is 10.0. The topological polar surface area (TPSA) is 49.4 Å². The molecule has 6 heteroatoms. The Morgan fingerprint density at radius 2 is 1.40 bits per heavy atom. The maximum atomic E-state index is 13.7. The van der Waals surface area contributed by atoms with Gasteiger partial charge in [-0.25, -0.2) is 0 Å². The maximum absolute atomic E-state index is 13.7. The summed E-state index contributed by atoms with van der Waals surface area (Å²) in [6, 6.07) is 24.0. The summed E-state index contributed by atoms with van der Waals surface area (Å²) in [4.78, 5) is 28.8. The number of carbonyl (C=O) groups is 2. The lowest BCUT2D eigenvalue weighted by Crippen LogP contribution is -2.51. The molecule has 1 N–H and O–H groups in total. The number of nitrogens with one attached hydrogen (secondary N) is 1. The number of benzene rings is 3. The molecule has 0 radical (unpaired) electrons. The average Bonchev–Trinajstić information content (AvgIpc) is 2.85. The van der Waals surface area contributed by atoms with Crippen LogP contribution in [0.25, 0.3) is 0 Å². The zero-order valence-corrected chi connectivity index (χ0v) is 21.7. The summed E-state index contributed by atoms with van der Waals surface area (Å²) in [7, 11) is 0. The molecule has 35 heavy (non-hydrogen) atoms. The van der Waals surface area contributed by atoms with Crippen LogP contribution in [0.1, 0.15) is 37.0 Å². The lowest BCUT2D eigenvalue weighted by molar-refractivity contribution is -0.141. The molecule has 0 saturated carbocycles. The van der Waals surface area contributed by atoms with Gasteiger partial charge in [-0.05, 0) is 41.2 Å². The van der Waals surface area contributed by atoms with E-state index in [-0.39, 0.29) is 24.8 Å². The Labute approximate surface area is 218 Å². The van der Waals surface area contributed by atoms with Gasteiger partial charge in [0.2, 0.25) is 11.8 Å². The van der Waals surface area contributed by atoms with E-state index in [0.29, 0.717) is 35.3 Å². The first-order chi connectivity index (χ1) is 16.8. The molecule has 2 amide bonds. The van der Waals surface area contributed by atoms with Crippen LogP contribution in [0.5, 0.6) is 0 Å². The molecule has 0 aliphatic rings. The van der Waals surface area contributed by atoms with Gasteiger partial charge in [-0.15, -0.1) is 0 Å². The molecule has 4 nitrogen and oxygen atoms in total. The van der Waals surface area contributed by atoms with Crippen molar-refractivity contribution in [2.24, 2.45) is 5.92 Å². The Morgan fingerprint density at radius 3 is 2.00 bits per heavy atom. The predicted octanol–water partition coefficient (Wildman–Crippen LogP) is 6.34. The van der Waals surface area contributed by atoms with Crippen molar-refractivity contribution in [1.29, 1.82) is 0 Å². The molecular formula is C29H32Cl2N2O2. The van der Waals surface area contributed by atoms with Gasteiger partial charge >= 0.3 is 0 Å². The number of rotatable bonds is 11. The second-order valence-corrected chi connectivity index (χ2v) is 9.86. The number of hydrogen-bond donors (Lipinski definition) is 1. The largest absolute Gasteiger partial charge is 0.354 e. The van der Waals surface area contributed by atoms with Crippen molar-refractivity contribution < 1.29 is 9.59 Å². The molecule has 0 heterocycles. The number of carbonyl (C=O) groups excluding carboxylic acids is 2. The Morgan fingerprint density at radius 1 is 0.829 bits per heavy atom. The summed E-state index contributed by atoms with van der Waals surface area (Å²) in [5.74, 6) is 0.00966. The number of hydrogen-bond acceptors (Lipinski definition) is 2. The summed E-state index contributed by atoms with van der Waals surface area (Å²) in [6.45, 7) is 4.87. The van der Waals surface area contributed by atoms with Crippen molar-refractivity contribution in [3.8, 4) is 0 Å². The summed E-state index contributed by atoms with van der Waals surface area (Å²) >= 11 is 12.8. The first-order valence-corrected chi connectivity index (χ1v) is 12.7. The first-order valence-electron chi connectivity index (χ1n) is 11.9. The van der Waals surface area contributed by atoms with E-state index in [0.717, 1.165) is 16.7 Å². The van der Waals surface area contributed by atoms with Crippen molar-refractivity contribution in [3.63, 3.8) is 0 Å². The van der Waals surface area contributed by atoms with E-state index in [4.69, 9.17) is 23.2 Å². The van der Waals surface area contributed by atoms with Crippen molar-refractivity contribution in [2.75, 3.05) is 6.54 Å². The van der Waals surface area contributed by atoms with E-state index >= 15 is 0 Å². The molecule has 3 aromatic rings. The lowest BCUT2D eigenvalue weighted by Gasteiger charge is -2.32. The average molecular weight is 511 g/mol. The van der Waals surface area contributed by atoms with Crippen molar-refractivity contribution in [1.82, 2.24) is 10.2 Å². The van der Waals surface area contributed by atoms with Crippen molar-refractivity contribution >= 4 is 35.0 Å². The third-order valence-electron chi connectivity index (χ3n) is 5.82. The Kier molecular flexibility index (Phi) is 10.2. The molecule has 0 aliphatic carbocycles. The van der Waals surface area contributed by atoms with E-state index in [1.54, 1.807) is 11.0 Å². The van der Waals surface area contributed by atoms with Crippen LogP contribution in [0.2, 0.25) is 10.0 Å². The summed E-state index contributed by atoms with van der Waals surface area (Å²) in [5, 5.41) is 4.23. The summed E-state index contributed by atoms with van der Waals surface area (Å²) in [5.41, 5.74) is 2.69. The highest BCUT2D eigenvalue weighted by Crippen LogP contribution is 2.23. The smallest absolute Gasteiger partial charge is 0.243 e. The van der Waals surface area contributed by atoms with E-state index < -0.39 is 6.04 Å². The molecule has 0 aromatic heterocycles. The zero-order chi connectivity index (χ0) is 25.2. The highest BCUT2D eigenvalue weighted by molar-refractivity contribution is 6.31. The molecule has 0 unspecified atom stereocenters. The Hall–Kier alpha value is -2.82. The molecule has 3 rings (SSSR count). The summed E-state index contributed by atoms with van der Waals surface area (Å²) in [6.07, 6.45) is 1.13. The predicted molar refractivity (Wildman–Crippen MR) is 144 cm³/mol. The van der Waals surface area contributed by atoms with Gasteiger partial charge in [-0.2, -0.15) is 0 Å². The van der Waals surface area contributed by atoms with Crippen LogP contribution in [0.3, 0.4) is 0 Å². The third-order valence-corrected chi connectivity index (χ3v) is 6.56. The van der Waals surface area contributed by atoms with Gasteiger partial charge < -0.3 is 10.2 Å². The standard InChI is InChI=1S/C29H32Cl2N2O2/c1-21(2)19-32-29(35)27(18-22-10-4-3-5-11-22)33(20-24-13-7-9-15-26(24)31)28(34)17-16-23-12-6-8-14-25(23)30/h3-15,21,27H,16-20H2,1-2H3,(H,32,35)/t27-/m0/s1. The van der Waals surface area contributed by atoms with Crippen LogP contribution in [0.15, 0.2) is 78.9 Å². The number of aryl methyl sites for hydroxylation is 1. The third kappa shape index (κ3) is 8.12. The molecule has 1 atom stereocenters. The molecule has 0 aliphatic heterocycles. The quantitative estimate of drug-likeness (QED) is 0.327. The van der Waals surface area contributed by atoms with Crippen LogP contribution in [0, 0.1) is 5.92 Å². The van der Waals surface area contributed by atoms with Crippen LogP contribution in [0.4, 0.5) is 0 Å². The molecule has 0 saturated heterocycles. The highest BCUT2D eigenvalue weighted by atomic mass is 35.5. The number of nitrogens with zero attached hydrogens (tertiary/aromatic N) is 1. The van der Waals surface area contributed by atoms with Crippen molar-refractivity contribution in [2.45, 2.75) is 45.7 Å². The second-order valence-electron chi connectivity index (χ2n) is 9.05. The zero-order valence-electron chi connectivity index (χ0n) is 20.2. The Bertz CT molecular complexity index is 1120. The van der Waals surface area contributed by atoms with E-state index in [1.165, 1.54) is 0 Å². The van der Waals surface area contributed by atoms with Crippen LogP contribution < -0.4 is 5.32 Å². The fourth-order valence-electron chi connectivity index (χ4n) is 3.87. The van der Waals surface area contributed by atoms with Gasteiger partial charge in [0.05, 0.1) is 0 Å². The van der Waals surface area contributed by atoms with Crippen LogP contribution in [-0.2, 0) is 29.0 Å². The van der Waals surface area contributed by atoms with Crippen LogP contribution in [-0.4, -0.2) is 29.3 Å². The van der Waals surface area contributed by atoms with Crippen LogP contribution >= 0.6 is 23.2 Å². The molecular weight excluding hydrogens is 479 g/mol. The van der Waals surface area contributed by atoms with Gasteiger partial charge in [0, 0.05) is 36.0 Å². The first kappa shape index (κ1) is 26.8. The highest BCUT2D eigenvalue weighted by Gasteiger charge is 2.30. The van der Waals surface area contributed by atoms with E-state index in [1.807, 2.05) is 86.6 Å². The second kappa shape index (κ2) is 13.3. The number of amides is 2. The SMILES string of the molecule is CC(C)CNC(=O)[C@H](Cc1ccccc1)N(Cc1ccccc1Cl)C(=O)CCc1ccccc1Cl. The van der Waals surface area contributed by atoms with Crippen molar-refractivity contribution in [3.05, 3.63) is 106 Å². The molecule has 0 fully saturated rings. The molecule has 184 valence electrons. The fraction of sp³-hybridized carbons (Fsp3) is 0.310. The molecule has 0 bridgehead atoms. The minimum absolute atomic E-state index is 0.120. The number of halogens is 2. The van der Waals surface area contributed by atoms with Gasteiger partial charge in [0.25, 0.3) is 0 Å². The summed E-state index contributed by atoms with van der Waals surface area (Å²) < 4.78 is 0. The van der Waals surface area contributed by atoms with Gasteiger partial charge in [-0.3, -0.25) is 9.59 Å². The van der Waals surface area contributed by atoms with Gasteiger partial charge in [0.1, 0.15) is 6.04 Å². The van der Waals surface area contributed by atoms with E-state index in [2.05, 4.69) is 5.32 Å². The fourth-order valence-corrected chi connectivity index (χ4v) is 4.30. The molecule has 0 spiro atoms. The van der Waals surface area contributed by atoms with E-state index in [9.17, 15) is 9.59 Å². The Balaban J connectivity index is 1.92. The minimum Gasteiger partial charge on any atom is -0.354 e.